The summed E-state index contributed by atoms with van der Waals surface area (Å²) in [5, 5.41) is 4.38. The van der Waals surface area contributed by atoms with Gasteiger partial charge in [-0.2, -0.15) is 0 Å². The Labute approximate surface area is 147 Å². The molecule has 0 saturated heterocycles. The van der Waals surface area contributed by atoms with Crippen molar-refractivity contribution >= 4 is 37.3 Å². The van der Waals surface area contributed by atoms with Gasteiger partial charge >= 0.3 is 0 Å². The van der Waals surface area contributed by atoms with Crippen molar-refractivity contribution in [3.05, 3.63) is 89.5 Å². The maximum atomic E-state index is 2.29. The van der Waals surface area contributed by atoms with Crippen molar-refractivity contribution < 1.29 is 0 Å². The van der Waals surface area contributed by atoms with Crippen LogP contribution in [0.25, 0.3) is 0 Å². The van der Waals surface area contributed by atoms with Crippen LogP contribution in [0.2, 0.25) is 0 Å². The monoisotopic (exact) mass is 336 g/mol. The molecule has 0 fully saturated rings. The summed E-state index contributed by atoms with van der Waals surface area (Å²) in [4.78, 5) is 0. The topological polar surface area (TPSA) is 0 Å². The van der Waals surface area contributed by atoms with Crippen molar-refractivity contribution in [2.45, 2.75) is 20.8 Å². The summed E-state index contributed by atoms with van der Waals surface area (Å²) in [6.07, 6.45) is 0. The van der Waals surface area contributed by atoms with Gasteiger partial charge in [-0.25, -0.2) is 0 Å². The van der Waals surface area contributed by atoms with Crippen LogP contribution in [0.3, 0.4) is 0 Å². The van der Waals surface area contributed by atoms with Crippen LogP contribution in [-0.4, -0.2) is 0 Å². The second kappa shape index (κ2) is 7.81. The maximum absolute atomic E-state index is 2.29. The summed E-state index contributed by atoms with van der Waals surface area (Å²) in [7, 11) is -0.508. The molecule has 3 rings (SSSR count). The predicted molar refractivity (Wildman–Crippen MR) is 107 cm³/mol. The molecule has 0 bridgehead atoms. The molecule has 3 aromatic rings. The van der Waals surface area contributed by atoms with Gasteiger partial charge in [-0.3, -0.25) is 0 Å². The van der Waals surface area contributed by atoms with Gasteiger partial charge in [-0.05, 0) is 61.3 Å². The van der Waals surface area contributed by atoms with Gasteiger partial charge in [0.25, 0.3) is 0 Å². The third kappa shape index (κ3) is 3.68. The molecule has 3 aromatic carbocycles. The average molecular weight is 336 g/mol. The lowest BCUT2D eigenvalue weighted by Crippen LogP contribution is -2.25. The van der Waals surface area contributed by atoms with Crippen LogP contribution >= 0.6 is 21.4 Å². The SMILES string of the molecule is Cc1ccccc1P(c1ccccc1C)c1ccccc1C.[S]. The zero-order chi connectivity index (χ0) is 15.5. The Morgan fingerprint density at radius 3 is 1.00 bits per heavy atom. The third-order valence-corrected chi connectivity index (χ3v) is 7.02. The number of hydrogen-bond donors (Lipinski definition) is 0. The fourth-order valence-corrected chi connectivity index (χ4v) is 5.60. The van der Waals surface area contributed by atoms with Crippen LogP contribution in [0.4, 0.5) is 0 Å². The molecule has 0 spiro atoms. The highest BCUT2D eigenvalue weighted by Crippen LogP contribution is 2.36. The molecule has 23 heavy (non-hydrogen) atoms. The smallest absolute Gasteiger partial charge is 0 e. The fourth-order valence-electron chi connectivity index (χ4n) is 2.83. The minimum absolute atomic E-state index is 0. The molecule has 0 aromatic heterocycles. The molecule has 2 radical (unpaired) electrons. The largest absolute Gasteiger partial charge is 0.0620 e. The van der Waals surface area contributed by atoms with E-state index in [1.165, 1.54) is 32.6 Å². The van der Waals surface area contributed by atoms with Crippen LogP contribution in [0.1, 0.15) is 16.7 Å². The molecule has 0 heterocycles. The Morgan fingerprint density at radius 2 is 0.739 bits per heavy atom. The van der Waals surface area contributed by atoms with Crippen molar-refractivity contribution in [1.29, 1.82) is 0 Å². The van der Waals surface area contributed by atoms with Crippen LogP contribution in [0, 0.1) is 20.8 Å². The van der Waals surface area contributed by atoms with E-state index in [2.05, 4.69) is 93.6 Å². The van der Waals surface area contributed by atoms with E-state index in [4.69, 9.17) is 0 Å². The predicted octanol–water partition coefficient (Wildman–Crippen LogP) is 5.02. The molecule has 116 valence electrons. The molecular formula is C21H21PS. The molecule has 2 heteroatoms. The summed E-state index contributed by atoms with van der Waals surface area (Å²) < 4.78 is 0. The number of hydrogen-bond acceptors (Lipinski definition) is 0. The summed E-state index contributed by atoms with van der Waals surface area (Å²) in [6, 6.07) is 26.4. The first-order valence-corrected chi connectivity index (χ1v) is 8.99. The zero-order valence-electron chi connectivity index (χ0n) is 13.8. The van der Waals surface area contributed by atoms with Gasteiger partial charge in [-0.15, -0.1) is 0 Å². The van der Waals surface area contributed by atoms with Gasteiger partial charge in [0.2, 0.25) is 0 Å². The quantitative estimate of drug-likeness (QED) is 0.589. The van der Waals surface area contributed by atoms with Crippen LogP contribution in [0.15, 0.2) is 72.8 Å². The van der Waals surface area contributed by atoms with E-state index in [0.29, 0.717) is 0 Å². The van der Waals surface area contributed by atoms with Gasteiger partial charge in [0.05, 0.1) is 0 Å². The molecule has 0 aliphatic rings. The van der Waals surface area contributed by atoms with Crippen LogP contribution in [0.5, 0.6) is 0 Å². The first-order valence-electron chi connectivity index (χ1n) is 7.65. The maximum Gasteiger partial charge on any atom is 0 e. The molecule has 0 aliphatic carbocycles. The van der Waals surface area contributed by atoms with E-state index >= 15 is 0 Å². The van der Waals surface area contributed by atoms with E-state index in [-0.39, 0.29) is 13.5 Å². The van der Waals surface area contributed by atoms with Crippen LogP contribution in [-0.2, 0) is 0 Å². The molecular weight excluding hydrogens is 315 g/mol. The normalized spacial score (nSPS) is 10.4. The number of benzene rings is 3. The van der Waals surface area contributed by atoms with Gasteiger partial charge in [0.1, 0.15) is 0 Å². The van der Waals surface area contributed by atoms with Crippen molar-refractivity contribution in [3.63, 3.8) is 0 Å². The Kier molecular flexibility index (Phi) is 6.04. The van der Waals surface area contributed by atoms with Gasteiger partial charge in [0.15, 0.2) is 0 Å². The van der Waals surface area contributed by atoms with E-state index in [1.54, 1.807) is 0 Å². The molecule has 0 amide bonds. The molecule has 0 nitrogen and oxygen atoms in total. The summed E-state index contributed by atoms with van der Waals surface area (Å²) in [5.74, 6) is 0. The highest BCUT2D eigenvalue weighted by Gasteiger charge is 2.20. The average Bonchev–Trinajstić information content (AvgIpc) is 2.53. The first-order chi connectivity index (χ1) is 10.7. The lowest BCUT2D eigenvalue weighted by Gasteiger charge is -2.24. The third-order valence-electron chi connectivity index (χ3n) is 4.07. The number of aryl methyl sites for hydroxylation is 3. The zero-order valence-corrected chi connectivity index (χ0v) is 15.5. The summed E-state index contributed by atoms with van der Waals surface area (Å²) in [5.41, 5.74) is 4.13. The van der Waals surface area contributed by atoms with Gasteiger partial charge < -0.3 is 0 Å². The van der Waals surface area contributed by atoms with Crippen molar-refractivity contribution in [2.24, 2.45) is 0 Å². The highest BCUT2D eigenvalue weighted by molar-refractivity contribution is 7.80. The Hall–Kier alpha value is -1.56. The van der Waals surface area contributed by atoms with Crippen molar-refractivity contribution in [1.82, 2.24) is 0 Å². The van der Waals surface area contributed by atoms with E-state index in [0.717, 1.165) is 0 Å². The molecule has 0 atom stereocenters. The van der Waals surface area contributed by atoms with E-state index < -0.39 is 7.92 Å². The number of rotatable bonds is 3. The lowest BCUT2D eigenvalue weighted by molar-refractivity contribution is 1.49. The minimum atomic E-state index is -0.508. The molecule has 0 saturated carbocycles. The highest BCUT2D eigenvalue weighted by atomic mass is 32.1. The second-order valence-electron chi connectivity index (χ2n) is 5.69. The lowest BCUT2D eigenvalue weighted by atomic mass is 10.2. The van der Waals surface area contributed by atoms with Gasteiger partial charge in [0, 0.05) is 13.5 Å². The summed E-state index contributed by atoms with van der Waals surface area (Å²) in [6.45, 7) is 6.67. The van der Waals surface area contributed by atoms with E-state index in [9.17, 15) is 0 Å². The van der Waals surface area contributed by atoms with Crippen LogP contribution < -0.4 is 15.9 Å². The Morgan fingerprint density at radius 1 is 0.478 bits per heavy atom. The fraction of sp³-hybridized carbons (Fsp3) is 0.143. The second-order valence-corrected chi connectivity index (χ2v) is 7.81. The molecule has 0 N–H and O–H groups in total. The first kappa shape index (κ1) is 17.8. The van der Waals surface area contributed by atoms with E-state index in [1.807, 2.05) is 0 Å². The van der Waals surface area contributed by atoms with Gasteiger partial charge in [-0.1, -0.05) is 72.8 Å². The Bertz CT molecular complexity index is 687. The van der Waals surface area contributed by atoms with Crippen molar-refractivity contribution in [2.75, 3.05) is 0 Å². The van der Waals surface area contributed by atoms with Crippen molar-refractivity contribution in [3.8, 4) is 0 Å². The Balaban J connectivity index is 0.00000192. The minimum Gasteiger partial charge on any atom is -0.0620 e. The molecule has 0 aliphatic heterocycles. The summed E-state index contributed by atoms with van der Waals surface area (Å²) >= 11 is 0. The molecule has 0 unspecified atom stereocenters. The standard InChI is InChI=1S/C21H21P.S/c1-16-10-4-7-13-19(16)22(20-14-8-5-11-17(20)2)21-15-9-6-12-18(21)3;/h4-15H,1-3H3;.